The Morgan fingerprint density at radius 3 is 2.81 bits per heavy atom. The van der Waals surface area contributed by atoms with E-state index < -0.39 is 16.8 Å². The summed E-state index contributed by atoms with van der Waals surface area (Å²) < 4.78 is 25.1. The van der Waals surface area contributed by atoms with E-state index in [1.54, 1.807) is 0 Å². The number of fused-ring (bicyclic) bond motifs is 5. The van der Waals surface area contributed by atoms with E-state index in [0.717, 1.165) is 36.8 Å². The van der Waals surface area contributed by atoms with Crippen molar-refractivity contribution in [2.75, 3.05) is 0 Å². The lowest BCUT2D eigenvalue weighted by Crippen LogP contribution is -2.55. The molecule has 5 fully saturated rings. The van der Waals surface area contributed by atoms with Gasteiger partial charge in [0.25, 0.3) is 0 Å². The van der Waals surface area contributed by atoms with Crippen LogP contribution in [-0.4, -0.2) is 47.1 Å². The van der Waals surface area contributed by atoms with Gasteiger partial charge in [0.05, 0.1) is 5.92 Å². The predicted octanol–water partition coefficient (Wildman–Crippen LogP) is 3.49. The summed E-state index contributed by atoms with van der Waals surface area (Å²) in [6.45, 7) is 14.6. The van der Waals surface area contributed by atoms with Crippen molar-refractivity contribution >= 4 is 11.9 Å². The van der Waals surface area contributed by atoms with Crippen molar-refractivity contribution in [3.8, 4) is 0 Å². The normalized spacial score (nSPS) is 52.2. The standard InChI is InChI=1S/C25H32O6/c1-7-11(2)20(26)29-19-13(4)10-24-22-23(6,30-22)18-16-14(5)21(27)28-15(16)9-8-12(3)17(18)25(19,24)31-24/h11,13,15,17-19,22H,3,7-10H2,1-2,4-6H3/t11-,13+,15-,17+,18+,19+,22-,23-,24-,25-/m0/s1. The Morgan fingerprint density at radius 1 is 1.35 bits per heavy atom. The van der Waals surface area contributed by atoms with Crippen molar-refractivity contribution in [1.29, 1.82) is 0 Å². The second-order valence-corrected chi connectivity index (χ2v) is 10.9. The molecule has 3 aliphatic carbocycles. The summed E-state index contributed by atoms with van der Waals surface area (Å²) in [6, 6.07) is 0. The van der Waals surface area contributed by atoms with Crippen molar-refractivity contribution < 1.29 is 28.5 Å². The molecule has 0 amide bonds. The molecule has 10 atom stereocenters. The minimum Gasteiger partial charge on any atom is -0.459 e. The van der Waals surface area contributed by atoms with Crippen LogP contribution in [0.4, 0.5) is 0 Å². The summed E-state index contributed by atoms with van der Waals surface area (Å²) >= 11 is 0. The fraction of sp³-hybridized carbons (Fsp3) is 0.760. The summed E-state index contributed by atoms with van der Waals surface area (Å²) in [4.78, 5) is 25.3. The third-order valence-electron chi connectivity index (χ3n) is 9.30. The van der Waals surface area contributed by atoms with Gasteiger partial charge in [0.2, 0.25) is 0 Å². The maximum absolute atomic E-state index is 12.8. The van der Waals surface area contributed by atoms with E-state index in [-0.39, 0.29) is 53.9 Å². The maximum atomic E-state index is 12.8. The van der Waals surface area contributed by atoms with Gasteiger partial charge in [-0.2, -0.15) is 0 Å². The summed E-state index contributed by atoms with van der Waals surface area (Å²) in [5.74, 6) is -0.453. The molecule has 3 heterocycles. The van der Waals surface area contributed by atoms with Crippen LogP contribution in [0.1, 0.15) is 60.3 Å². The Hall–Kier alpha value is -1.66. The Balaban J connectivity index is 1.48. The summed E-state index contributed by atoms with van der Waals surface area (Å²) in [5, 5.41) is 0. The van der Waals surface area contributed by atoms with Crippen LogP contribution in [-0.2, 0) is 28.5 Å². The lowest BCUT2D eigenvalue weighted by atomic mass is 9.58. The molecular weight excluding hydrogens is 396 g/mol. The molecule has 0 radical (unpaired) electrons. The van der Waals surface area contributed by atoms with Crippen molar-refractivity contribution in [2.24, 2.45) is 23.7 Å². The molecule has 6 heteroatoms. The number of carbonyl (C=O) groups is 2. The van der Waals surface area contributed by atoms with Crippen molar-refractivity contribution in [1.82, 2.24) is 0 Å². The third kappa shape index (κ3) is 2.12. The second-order valence-electron chi connectivity index (χ2n) is 10.9. The number of carbonyl (C=O) groups excluding carboxylic acids is 2. The van der Waals surface area contributed by atoms with Crippen LogP contribution in [0.3, 0.4) is 0 Å². The highest BCUT2D eigenvalue weighted by Gasteiger charge is 2.96. The minimum atomic E-state index is -0.619. The molecule has 0 spiro atoms. The fourth-order valence-corrected chi connectivity index (χ4v) is 7.65. The number of rotatable bonds is 3. The van der Waals surface area contributed by atoms with Gasteiger partial charge in [0.1, 0.15) is 35.1 Å². The highest BCUT2D eigenvalue weighted by Crippen LogP contribution is 2.81. The van der Waals surface area contributed by atoms with Crippen molar-refractivity contribution in [3.63, 3.8) is 0 Å². The molecule has 3 saturated carbocycles. The topological polar surface area (TPSA) is 77.7 Å². The largest absolute Gasteiger partial charge is 0.459 e. The van der Waals surface area contributed by atoms with Gasteiger partial charge in [-0.15, -0.1) is 0 Å². The molecule has 0 unspecified atom stereocenters. The zero-order valence-electron chi connectivity index (χ0n) is 19.0. The molecule has 6 aliphatic rings. The summed E-state index contributed by atoms with van der Waals surface area (Å²) in [5.41, 5.74) is 1.41. The first-order chi connectivity index (χ1) is 14.6. The average Bonchev–Trinajstić information content (AvgIpc) is 3.56. The summed E-state index contributed by atoms with van der Waals surface area (Å²) in [7, 11) is 0. The highest BCUT2D eigenvalue weighted by atomic mass is 16.7. The Bertz CT molecular complexity index is 952. The molecule has 2 saturated heterocycles. The smallest absolute Gasteiger partial charge is 0.334 e. The number of esters is 2. The zero-order valence-corrected chi connectivity index (χ0v) is 19.0. The predicted molar refractivity (Wildman–Crippen MR) is 111 cm³/mol. The molecule has 0 bridgehead atoms. The molecule has 0 aromatic heterocycles. The van der Waals surface area contributed by atoms with Gasteiger partial charge in [-0.1, -0.05) is 32.9 Å². The number of ether oxygens (including phenoxy) is 4. The van der Waals surface area contributed by atoms with E-state index in [1.165, 1.54) is 0 Å². The van der Waals surface area contributed by atoms with E-state index in [9.17, 15) is 9.59 Å². The van der Waals surface area contributed by atoms with Crippen molar-refractivity contribution in [2.45, 2.75) is 95.4 Å². The fourth-order valence-electron chi connectivity index (χ4n) is 7.65. The summed E-state index contributed by atoms with van der Waals surface area (Å²) in [6.07, 6.45) is 2.46. The molecule has 31 heavy (non-hydrogen) atoms. The van der Waals surface area contributed by atoms with Crippen LogP contribution >= 0.6 is 0 Å². The quantitative estimate of drug-likeness (QED) is 0.389. The molecule has 168 valence electrons. The van der Waals surface area contributed by atoms with Crippen LogP contribution in [0.2, 0.25) is 0 Å². The maximum Gasteiger partial charge on any atom is 0.334 e. The van der Waals surface area contributed by atoms with Gasteiger partial charge in [-0.05, 0) is 51.0 Å². The van der Waals surface area contributed by atoms with Crippen LogP contribution in [0.15, 0.2) is 23.3 Å². The Kier molecular flexibility index (Phi) is 3.75. The van der Waals surface area contributed by atoms with E-state index >= 15 is 0 Å². The molecule has 0 N–H and O–H groups in total. The van der Waals surface area contributed by atoms with Crippen LogP contribution < -0.4 is 0 Å². The van der Waals surface area contributed by atoms with Gasteiger partial charge in [-0.25, -0.2) is 4.79 Å². The first kappa shape index (κ1) is 20.0. The van der Waals surface area contributed by atoms with Crippen molar-refractivity contribution in [3.05, 3.63) is 23.3 Å². The Labute approximate surface area is 183 Å². The molecule has 0 aromatic carbocycles. The monoisotopic (exact) mass is 428 g/mol. The van der Waals surface area contributed by atoms with E-state index in [1.807, 2.05) is 20.8 Å². The van der Waals surface area contributed by atoms with Crippen LogP contribution in [0.25, 0.3) is 0 Å². The third-order valence-corrected chi connectivity index (χ3v) is 9.30. The number of hydrogen-bond acceptors (Lipinski definition) is 6. The van der Waals surface area contributed by atoms with Gasteiger partial charge < -0.3 is 18.9 Å². The first-order valence-electron chi connectivity index (χ1n) is 11.8. The van der Waals surface area contributed by atoms with Gasteiger partial charge in [-0.3, -0.25) is 4.79 Å². The van der Waals surface area contributed by atoms with Gasteiger partial charge in [0.15, 0.2) is 0 Å². The SMILES string of the molecule is C=C1CC[C@@H]2OC(=O)C(C)=C2[C@@H]2[C@@H]1[C@@]13O[C@@]1(C[C@@H](C)[C@H]3OC(=O)[C@@H](C)CC)[C@H]1O[C@@]21C. The van der Waals surface area contributed by atoms with Gasteiger partial charge in [0, 0.05) is 17.4 Å². The van der Waals surface area contributed by atoms with Gasteiger partial charge >= 0.3 is 11.9 Å². The van der Waals surface area contributed by atoms with E-state index in [4.69, 9.17) is 18.9 Å². The average molecular weight is 429 g/mol. The molecule has 6 rings (SSSR count). The molecule has 0 aromatic rings. The molecule has 3 aliphatic heterocycles. The zero-order chi connectivity index (χ0) is 22.1. The lowest BCUT2D eigenvalue weighted by Gasteiger charge is -2.41. The second kappa shape index (κ2) is 5.82. The van der Waals surface area contributed by atoms with Crippen LogP contribution in [0, 0.1) is 23.7 Å². The van der Waals surface area contributed by atoms with Crippen LogP contribution in [0.5, 0.6) is 0 Å². The number of hydrogen-bond donors (Lipinski definition) is 0. The first-order valence-corrected chi connectivity index (χ1v) is 11.8. The Morgan fingerprint density at radius 2 is 2.10 bits per heavy atom. The molecular formula is C25H32O6. The minimum absolute atomic E-state index is 0.0466. The lowest BCUT2D eigenvalue weighted by molar-refractivity contribution is -0.162. The van der Waals surface area contributed by atoms with E-state index in [0.29, 0.717) is 5.57 Å². The highest BCUT2D eigenvalue weighted by molar-refractivity contribution is 5.92. The molecule has 6 nitrogen and oxygen atoms in total. The number of epoxide rings is 2. The van der Waals surface area contributed by atoms with E-state index in [2.05, 4.69) is 20.4 Å².